The molecule has 0 fully saturated rings. The maximum absolute atomic E-state index is 11.0. The van der Waals surface area contributed by atoms with E-state index in [0.29, 0.717) is 10.7 Å². The molecule has 10 heteroatoms. The van der Waals surface area contributed by atoms with Gasteiger partial charge in [0.15, 0.2) is 17.2 Å². The molecule has 2 unspecified atom stereocenters. The van der Waals surface area contributed by atoms with E-state index in [1.54, 1.807) is 24.3 Å². The number of rotatable bonds is 3. The van der Waals surface area contributed by atoms with Gasteiger partial charge in [0.1, 0.15) is 5.25 Å². The molecule has 1 heterocycles. The van der Waals surface area contributed by atoms with E-state index < -0.39 is 23.2 Å². The summed E-state index contributed by atoms with van der Waals surface area (Å²) in [7, 11) is 0. The number of benzene rings is 1. The summed E-state index contributed by atoms with van der Waals surface area (Å²) < 4.78 is 0. The van der Waals surface area contributed by atoms with Crippen LogP contribution in [0.4, 0.5) is 5.69 Å². The minimum absolute atomic E-state index is 0.00114. The van der Waals surface area contributed by atoms with E-state index in [2.05, 4.69) is 15.3 Å². The Morgan fingerprint density at radius 1 is 1.27 bits per heavy atom. The Hall–Kier alpha value is -2.26. The molecule has 0 radical (unpaired) electrons. The zero-order valence-electron chi connectivity index (χ0n) is 10.9. The second kappa shape index (κ2) is 6.67. The molecule has 1 aliphatic heterocycles. The summed E-state index contributed by atoms with van der Waals surface area (Å²) in [6.45, 7) is 0. The number of hydrogen-bond acceptors (Lipinski definition) is 5. The number of nitrogens with zero attached hydrogens (tertiary/aromatic N) is 2. The van der Waals surface area contributed by atoms with Crippen molar-refractivity contribution in [3.63, 3.8) is 0 Å². The molecule has 116 valence electrons. The lowest BCUT2D eigenvalue weighted by molar-refractivity contribution is -0.144. The number of thioether (sulfide) groups is 1. The monoisotopic (exact) mass is 342 g/mol. The van der Waals surface area contributed by atoms with Gasteiger partial charge in [0.2, 0.25) is 0 Å². The van der Waals surface area contributed by atoms with E-state index in [1.165, 1.54) is 0 Å². The first-order valence-corrected chi connectivity index (χ1v) is 7.19. The van der Waals surface area contributed by atoms with E-state index in [-0.39, 0.29) is 11.1 Å². The molecule has 2 atom stereocenters. The highest BCUT2D eigenvalue weighted by Gasteiger charge is 2.40. The molecule has 1 aromatic rings. The molecule has 8 nitrogen and oxygen atoms in total. The molecular weight excluding hydrogens is 332 g/mol. The summed E-state index contributed by atoms with van der Waals surface area (Å²) in [5.74, 6) is -2.63. The van der Waals surface area contributed by atoms with Crippen LogP contribution in [0, 0.1) is 0 Å². The number of carbonyl (C=O) groups is 2. The molecule has 2 rings (SSSR count). The van der Waals surface area contributed by atoms with Crippen LogP contribution in [0.1, 0.15) is 0 Å². The third-order valence-electron chi connectivity index (χ3n) is 2.60. The zero-order chi connectivity index (χ0) is 16.3. The zero-order valence-corrected chi connectivity index (χ0v) is 12.5. The van der Waals surface area contributed by atoms with Gasteiger partial charge in [0, 0.05) is 10.7 Å². The van der Waals surface area contributed by atoms with Gasteiger partial charge in [0.25, 0.3) is 0 Å². The average Bonchev–Trinajstić information content (AvgIpc) is 2.85. The van der Waals surface area contributed by atoms with Crippen LogP contribution in [-0.2, 0) is 9.59 Å². The van der Waals surface area contributed by atoms with Gasteiger partial charge in [-0.2, -0.15) is 4.99 Å². The van der Waals surface area contributed by atoms with Crippen molar-refractivity contribution in [2.45, 2.75) is 11.3 Å². The average molecular weight is 343 g/mol. The van der Waals surface area contributed by atoms with Gasteiger partial charge in [-0.15, -0.1) is 0 Å². The maximum atomic E-state index is 11.0. The fourth-order valence-electron chi connectivity index (χ4n) is 1.63. The molecule has 0 amide bonds. The Labute approximate surface area is 134 Å². The third-order valence-corrected chi connectivity index (χ3v) is 3.97. The van der Waals surface area contributed by atoms with Crippen LogP contribution < -0.4 is 11.1 Å². The molecule has 0 aromatic heterocycles. The molecule has 22 heavy (non-hydrogen) atoms. The van der Waals surface area contributed by atoms with Gasteiger partial charge in [-0.25, -0.2) is 9.79 Å². The van der Waals surface area contributed by atoms with Crippen molar-refractivity contribution in [1.82, 2.24) is 0 Å². The van der Waals surface area contributed by atoms with Crippen molar-refractivity contribution in [2.75, 3.05) is 5.32 Å². The number of aliphatic imine (C=N–C) groups is 2. The second-order valence-corrected chi connectivity index (χ2v) is 5.75. The highest BCUT2D eigenvalue weighted by molar-refractivity contribution is 8.15. The van der Waals surface area contributed by atoms with Crippen LogP contribution in [-0.4, -0.2) is 44.6 Å². The van der Waals surface area contributed by atoms with Crippen molar-refractivity contribution in [3.05, 3.63) is 29.3 Å². The number of nitrogens with two attached hydrogens (primary N) is 1. The Kier molecular flexibility index (Phi) is 4.88. The maximum Gasteiger partial charge on any atom is 0.330 e. The molecule has 1 aromatic carbocycles. The first kappa shape index (κ1) is 16.1. The van der Waals surface area contributed by atoms with Crippen molar-refractivity contribution >= 4 is 52.1 Å². The number of hydrogen-bond donors (Lipinski definition) is 4. The number of amidine groups is 1. The smallest absolute Gasteiger partial charge is 0.330 e. The fraction of sp³-hybridized carbons (Fsp3) is 0.167. The van der Waals surface area contributed by atoms with Gasteiger partial charge < -0.3 is 21.3 Å². The van der Waals surface area contributed by atoms with Gasteiger partial charge in [0.05, 0.1) is 0 Å². The SMILES string of the molecule is N/C(=N/C1=NC(C(=O)O)C(C(=O)O)S1)Nc1ccc(Cl)cc1. The number of carboxylic acid groups (broad SMARTS) is 2. The topological polar surface area (TPSA) is 137 Å². The minimum atomic E-state index is -1.38. The first-order valence-electron chi connectivity index (χ1n) is 5.93. The molecule has 0 spiro atoms. The number of aliphatic carboxylic acids is 2. The molecule has 5 N–H and O–H groups in total. The van der Waals surface area contributed by atoms with Crippen molar-refractivity contribution in [3.8, 4) is 0 Å². The molecule has 0 saturated carbocycles. The van der Waals surface area contributed by atoms with E-state index in [9.17, 15) is 9.59 Å². The van der Waals surface area contributed by atoms with Crippen LogP contribution in [0.3, 0.4) is 0 Å². The lowest BCUT2D eigenvalue weighted by atomic mass is 10.2. The second-order valence-electron chi connectivity index (χ2n) is 4.20. The third kappa shape index (κ3) is 3.89. The van der Waals surface area contributed by atoms with Crippen LogP contribution in [0.5, 0.6) is 0 Å². The highest BCUT2D eigenvalue weighted by atomic mass is 35.5. The van der Waals surface area contributed by atoms with E-state index in [4.69, 9.17) is 27.5 Å². The molecule has 0 saturated heterocycles. The Morgan fingerprint density at radius 2 is 1.91 bits per heavy atom. The predicted molar refractivity (Wildman–Crippen MR) is 84.6 cm³/mol. The number of halogens is 1. The van der Waals surface area contributed by atoms with E-state index >= 15 is 0 Å². The van der Waals surface area contributed by atoms with Crippen LogP contribution in [0.2, 0.25) is 5.02 Å². The van der Waals surface area contributed by atoms with Gasteiger partial charge in [-0.05, 0) is 24.3 Å². The van der Waals surface area contributed by atoms with Gasteiger partial charge in [-0.1, -0.05) is 23.4 Å². The molecular formula is C12H11ClN4O4S. The molecule has 0 bridgehead atoms. The normalized spacial score (nSPS) is 21.3. The summed E-state index contributed by atoms with van der Waals surface area (Å²) in [6, 6.07) is 5.27. The highest BCUT2D eigenvalue weighted by Crippen LogP contribution is 2.28. The molecule has 1 aliphatic rings. The first-order chi connectivity index (χ1) is 10.4. The minimum Gasteiger partial charge on any atom is -0.480 e. The Morgan fingerprint density at radius 3 is 2.41 bits per heavy atom. The largest absolute Gasteiger partial charge is 0.480 e. The summed E-state index contributed by atoms with van der Waals surface area (Å²) in [5.41, 5.74) is 6.31. The summed E-state index contributed by atoms with van der Waals surface area (Å²) in [4.78, 5) is 29.6. The molecule has 0 aliphatic carbocycles. The number of anilines is 1. The van der Waals surface area contributed by atoms with Gasteiger partial charge in [-0.3, -0.25) is 4.79 Å². The Bertz CT molecular complexity index is 662. The lowest BCUT2D eigenvalue weighted by Crippen LogP contribution is -2.33. The van der Waals surface area contributed by atoms with Crippen LogP contribution >= 0.6 is 23.4 Å². The van der Waals surface area contributed by atoms with Crippen molar-refractivity contribution in [2.24, 2.45) is 15.7 Å². The number of nitrogens with one attached hydrogen (secondary N) is 1. The van der Waals surface area contributed by atoms with Crippen molar-refractivity contribution in [1.29, 1.82) is 0 Å². The van der Waals surface area contributed by atoms with Crippen LogP contribution in [0.25, 0.3) is 0 Å². The standard InChI is InChI=1S/C12H11ClN4O4S/c13-5-1-3-6(4-2-5)15-11(14)17-12-16-7(9(18)19)8(22-12)10(20)21/h1-4,7-8H,(H,18,19)(H,20,21)(H3,14,15,16,17). The van der Waals surface area contributed by atoms with Crippen LogP contribution in [0.15, 0.2) is 34.3 Å². The Balaban J connectivity index is 2.11. The lowest BCUT2D eigenvalue weighted by Gasteiger charge is -2.06. The van der Waals surface area contributed by atoms with Crippen molar-refractivity contribution < 1.29 is 19.8 Å². The van der Waals surface area contributed by atoms with E-state index in [0.717, 1.165) is 11.8 Å². The predicted octanol–water partition coefficient (Wildman–Crippen LogP) is 1.08. The summed E-state index contributed by atoms with van der Waals surface area (Å²) >= 11 is 6.49. The fourth-order valence-corrected chi connectivity index (χ4v) is 2.72. The summed E-state index contributed by atoms with van der Waals surface area (Å²) in [5, 5.41) is 20.0. The van der Waals surface area contributed by atoms with E-state index in [1.807, 2.05) is 0 Å². The summed E-state index contributed by atoms with van der Waals surface area (Å²) in [6.07, 6.45) is 0. The van der Waals surface area contributed by atoms with Gasteiger partial charge >= 0.3 is 11.9 Å². The number of carboxylic acids is 2. The number of guanidine groups is 1. The quantitative estimate of drug-likeness (QED) is 0.476.